The van der Waals surface area contributed by atoms with Gasteiger partial charge in [0, 0.05) is 18.6 Å². The van der Waals surface area contributed by atoms with Crippen molar-refractivity contribution in [2.75, 3.05) is 6.54 Å². The van der Waals surface area contributed by atoms with Gasteiger partial charge in [-0.05, 0) is 39.5 Å². The molecule has 3 atom stereocenters. The van der Waals surface area contributed by atoms with Crippen molar-refractivity contribution in [3.8, 4) is 0 Å². The molecule has 1 saturated carbocycles. The molecule has 1 aliphatic carbocycles. The Balaban J connectivity index is 2.52. The van der Waals surface area contributed by atoms with Gasteiger partial charge in [0.2, 0.25) is 0 Å². The van der Waals surface area contributed by atoms with Gasteiger partial charge in [-0.3, -0.25) is 0 Å². The minimum atomic E-state index is -0.482. The third kappa shape index (κ3) is 4.19. The Morgan fingerprint density at radius 1 is 1.41 bits per heavy atom. The molecule has 0 bridgehead atoms. The lowest BCUT2D eigenvalue weighted by molar-refractivity contribution is 0.116. The maximum absolute atomic E-state index is 12.1. The largest absolute Gasteiger partial charge is 0.392 e. The fourth-order valence-corrected chi connectivity index (χ4v) is 2.41. The highest BCUT2D eigenvalue weighted by Crippen LogP contribution is 2.25. The lowest BCUT2D eigenvalue weighted by Crippen LogP contribution is -2.50. The number of nitrogens with one attached hydrogen (secondary N) is 1. The summed E-state index contributed by atoms with van der Waals surface area (Å²) in [5.41, 5.74) is 0. The van der Waals surface area contributed by atoms with Crippen LogP contribution in [0.3, 0.4) is 0 Å². The Labute approximate surface area is 104 Å². The predicted octanol–water partition coefficient (Wildman–Crippen LogP) is 1.98. The van der Waals surface area contributed by atoms with Crippen LogP contribution in [0.2, 0.25) is 0 Å². The summed E-state index contributed by atoms with van der Waals surface area (Å²) >= 11 is 0. The van der Waals surface area contributed by atoms with Crippen molar-refractivity contribution in [3.63, 3.8) is 0 Å². The topological polar surface area (TPSA) is 52.6 Å². The van der Waals surface area contributed by atoms with Crippen LogP contribution in [0, 0.1) is 5.92 Å². The first-order chi connectivity index (χ1) is 7.91. The summed E-state index contributed by atoms with van der Waals surface area (Å²) in [6.07, 6.45) is 2.99. The van der Waals surface area contributed by atoms with E-state index in [1.807, 2.05) is 13.8 Å². The van der Waals surface area contributed by atoms with Crippen LogP contribution < -0.4 is 5.32 Å². The summed E-state index contributed by atoms with van der Waals surface area (Å²) in [5.74, 6) is 0.569. The molecule has 0 aromatic carbocycles. The molecule has 0 aromatic rings. The average molecular weight is 242 g/mol. The lowest BCUT2D eigenvalue weighted by Gasteiger charge is -2.30. The van der Waals surface area contributed by atoms with Crippen molar-refractivity contribution in [1.29, 1.82) is 0 Å². The van der Waals surface area contributed by atoms with Gasteiger partial charge in [0.05, 0.1) is 6.10 Å². The number of carbonyl (C=O) groups excluding carboxylic acids is 1. The second-order valence-electron chi connectivity index (χ2n) is 5.56. The molecule has 1 fully saturated rings. The number of amides is 2. The molecule has 0 aromatic heterocycles. The van der Waals surface area contributed by atoms with Crippen LogP contribution in [0.5, 0.6) is 0 Å². The fraction of sp³-hybridized carbons (Fsp3) is 0.923. The number of rotatable bonds is 4. The molecule has 0 aliphatic heterocycles. The zero-order chi connectivity index (χ0) is 13.0. The molecule has 2 amide bonds. The molecule has 1 aliphatic rings. The van der Waals surface area contributed by atoms with Crippen LogP contribution in [-0.4, -0.2) is 40.8 Å². The summed E-state index contributed by atoms with van der Waals surface area (Å²) in [6.45, 7) is 8.23. The fourth-order valence-electron chi connectivity index (χ4n) is 2.41. The highest BCUT2D eigenvalue weighted by molar-refractivity contribution is 5.75. The Kier molecular flexibility index (Phi) is 5.25. The number of hydrogen-bond acceptors (Lipinski definition) is 2. The zero-order valence-electron chi connectivity index (χ0n) is 11.4. The van der Waals surface area contributed by atoms with E-state index < -0.39 is 6.10 Å². The van der Waals surface area contributed by atoms with Crippen LogP contribution >= 0.6 is 0 Å². The molecular formula is C13H26N2O2. The number of hydrogen-bond donors (Lipinski definition) is 2. The van der Waals surface area contributed by atoms with Crippen LogP contribution in [0.15, 0.2) is 0 Å². The Morgan fingerprint density at radius 3 is 2.47 bits per heavy atom. The lowest BCUT2D eigenvalue weighted by atomic mass is 10.1. The van der Waals surface area contributed by atoms with Gasteiger partial charge in [0.15, 0.2) is 0 Å². The van der Waals surface area contributed by atoms with Gasteiger partial charge in [0.25, 0.3) is 0 Å². The maximum Gasteiger partial charge on any atom is 0.317 e. The maximum atomic E-state index is 12.1. The van der Waals surface area contributed by atoms with Crippen LogP contribution in [-0.2, 0) is 0 Å². The van der Waals surface area contributed by atoms with E-state index in [4.69, 9.17) is 0 Å². The van der Waals surface area contributed by atoms with Crippen molar-refractivity contribution in [3.05, 3.63) is 0 Å². The Morgan fingerprint density at radius 2 is 2.06 bits per heavy atom. The summed E-state index contributed by atoms with van der Waals surface area (Å²) in [7, 11) is 0. The second kappa shape index (κ2) is 6.24. The Hall–Kier alpha value is -0.770. The van der Waals surface area contributed by atoms with Crippen LogP contribution in [0.4, 0.5) is 4.79 Å². The van der Waals surface area contributed by atoms with E-state index in [1.54, 1.807) is 11.8 Å². The zero-order valence-corrected chi connectivity index (χ0v) is 11.4. The predicted molar refractivity (Wildman–Crippen MR) is 68.9 cm³/mol. The van der Waals surface area contributed by atoms with Crippen LogP contribution in [0.25, 0.3) is 0 Å². The summed E-state index contributed by atoms with van der Waals surface area (Å²) in [4.78, 5) is 13.8. The van der Waals surface area contributed by atoms with Gasteiger partial charge in [-0.2, -0.15) is 0 Å². The first kappa shape index (κ1) is 14.3. The summed E-state index contributed by atoms with van der Waals surface area (Å²) in [5, 5.41) is 12.5. The number of aliphatic hydroxyl groups is 1. The molecule has 100 valence electrons. The molecule has 1 rings (SSSR count). The van der Waals surface area contributed by atoms with E-state index in [0.29, 0.717) is 18.5 Å². The van der Waals surface area contributed by atoms with Crippen LogP contribution in [0.1, 0.15) is 47.0 Å². The van der Waals surface area contributed by atoms with Gasteiger partial charge in [-0.25, -0.2) is 4.79 Å². The summed E-state index contributed by atoms with van der Waals surface area (Å²) in [6, 6.07) is 0.374. The van der Waals surface area contributed by atoms with Crippen molar-refractivity contribution < 1.29 is 9.90 Å². The first-order valence-corrected chi connectivity index (χ1v) is 6.67. The molecule has 4 heteroatoms. The molecule has 0 saturated heterocycles. The molecule has 2 N–H and O–H groups in total. The van der Waals surface area contributed by atoms with Gasteiger partial charge >= 0.3 is 6.03 Å². The van der Waals surface area contributed by atoms with E-state index in [1.165, 1.54) is 12.8 Å². The van der Waals surface area contributed by atoms with E-state index >= 15 is 0 Å². The highest BCUT2D eigenvalue weighted by atomic mass is 16.3. The molecule has 0 radical (unpaired) electrons. The van der Waals surface area contributed by atoms with Gasteiger partial charge in [-0.1, -0.05) is 13.3 Å². The minimum absolute atomic E-state index is 0.0420. The van der Waals surface area contributed by atoms with E-state index in [2.05, 4.69) is 12.2 Å². The quantitative estimate of drug-likeness (QED) is 0.792. The molecule has 0 spiro atoms. The van der Waals surface area contributed by atoms with Crippen molar-refractivity contribution in [2.24, 2.45) is 5.92 Å². The summed E-state index contributed by atoms with van der Waals surface area (Å²) < 4.78 is 0. The third-order valence-corrected chi connectivity index (χ3v) is 3.52. The van der Waals surface area contributed by atoms with E-state index in [-0.39, 0.29) is 12.1 Å². The highest BCUT2D eigenvalue weighted by Gasteiger charge is 2.27. The smallest absolute Gasteiger partial charge is 0.317 e. The standard InChI is InChI=1S/C13H26N2O2/c1-9(2)15(8-11(4)16)13(17)14-12-7-5-6-10(12)3/h9-12,16H,5-8H2,1-4H3,(H,14,17). The average Bonchev–Trinajstić information content (AvgIpc) is 2.60. The number of carbonyl (C=O) groups is 1. The van der Waals surface area contributed by atoms with E-state index in [9.17, 15) is 9.90 Å². The van der Waals surface area contributed by atoms with Crippen molar-refractivity contribution in [1.82, 2.24) is 10.2 Å². The second-order valence-corrected chi connectivity index (χ2v) is 5.56. The molecular weight excluding hydrogens is 216 g/mol. The monoisotopic (exact) mass is 242 g/mol. The normalized spacial score (nSPS) is 26.0. The SMILES string of the molecule is CC(O)CN(C(=O)NC1CCCC1C)C(C)C. The van der Waals surface area contributed by atoms with Gasteiger partial charge in [-0.15, -0.1) is 0 Å². The first-order valence-electron chi connectivity index (χ1n) is 6.67. The minimum Gasteiger partial charge on any atom is -0.392 e. The van der Waals surface area contributed by atoms with Crippen molar-refractivity contribution >= 4 is 6.03 Å². The number of urea groups is 1. The Bertz CT molecular complexity index is 254. The molecule has 4 nitrogen and oxygen atoms in total. The van der Waals surface area contributed by atoms with E-state index in [0.717, 1.165) is 6.42 Å². The van der Waals surface area contributed by atoms with Gasteiger partial charge < -0.3 is 15.3 Å². The third-order valence-electron chi connectivity index (χ3n) is 3.52. The number of aliphatic hydroxyl groups excluding tert-OH is 1. The molecule has 0 heterocycles. The van der Waals surface area contributed by atoms with Gasteiger partial charge in [0.1, 0.15) is 0 Å². The number of nitrogens with zero attached hydrogens (tertiary/aromatic N) is 1. The molecule has 17 heavy (non-hydrogen) atoms. The van der Waals surface area contributed by atoms with Crippen molar-refractivity contribution in [2.45, 2.75) is 65.1 Å². The molecule has 3 unspecified atom stereocenters.